The van der Waals surface area contributed by atoms with Crippen LogP contribution in [0.25, 0.3) is 11.1 Å². The molecule has 8 heteroatoms. The SMILES string of the molecule is CC(C)C(C(=O)O)N1Cc2ccc(-c3ccc(NC(=O)c4ccc(Cl)cc4)cc3F)cc2C1=O. The molecule has 1 unspecified atom stereocenters. The minimum absolute atomic E-state index is 0.196. The Balaban J connectivity index is 1.56. The number of carboxylic acids is 1. The summed E-state index contributed by atoms with van der Waals surface area (Å²) in [5, 5.41) is 12.7. The van der Waals surface area contributed by atoms with Crippen LogP contribution in [-0.4, -0.2) is 33.8 Å². The third kappa shape index (κ3) is 4.52. The lowest BCUT2D eigenvalue weighted by atomic mass is 9.99. The number of benzene rings is 3. The first-order chi connectivity index (χ1) is 16.2. The van der Waals surface area contributed by atoms with Gasteiger partial charge in [-0.1, -0.05) is 37.6 Å². The molecule has 3 aromatic rings. The Hall–Kier alpha value is -3.71. The van der Waals surface area contributed by atoms with E-state index in [0.29, 0.717) is 27.3 Å². The highest BCUT2D eigenvalue weighted by atomic mass is 35.5. The third-order valence-corrected chi connectivity index (χ3v) is 6.06. The van der Waals surface area contributed by atoms with Gasteiger partial charge in [-0.25, -0.2) is 9.18 Å². The van der Waals surface area contributed by atoms with E-state index in [1.165, 1.54) is 17.0 Å². The molecule has 2 amide bonds. The van der Waals surface area contributed by atoms with Crippen LogP contribution in [0.1, 0.15) is 40.1 Å². The normalized spacial score (nSPS) is 13.7. The van der Waals surface area contributed by atoms with E-state index in [1.807, 2.05) is 0 Å². The summed E-state index contributed by atoms with van der Waals surface area (Å²) in [5.74, 6) is -2.67. The Morgan fingerprint density at radius 2 is 1.74 bits per heavy atom. The van der Waals surface area contributed by atoms with Crippen LogP contribution in [0.15, 0.2) is 60.7 Å². The van der Waals surface area contributed by atoms with Gasteiger partial charge in [0.25, 0.3) is 11.8 Å². The summed E-state index contributed by atoms with van der Waals surface area (Å²) in [6.07, 6.45) is 0. The number of carbonyl (C=O) groups excluding carboxylic acids is 2. The lowest BCUT2D eigenvalue weighted by molar-refractivity contribution is -0.144. The summed E-state index contributed by atoms with van der Waals surface area (Å²) in [5.41, 5.74) is 2.48. The van der Waals surface area contributed by atoms with Crippen LogP contribution < -0.4 is 5.32 Å². The van der Waals surface area contributed by atoms with Crippen LogP contribution in [-0.2, 0) is 11.3 Å². The lowest BCUT2D eigenvalue weighted by Gasteiger charge is -2.27. The van der Waals surface area contributed by atoms with Crippen molar-refractivity contribution < 1.29 is 23.9 Å². The average Bonchev–Trinajstić information content (AvgIpc) is 3.09. The van der Waals surface area contributed by atoms with Crippen LogP contribution in [0.3, 0.4) is 0 Å². The first-order valence-electron chi connectivity index (χ1n) is 10.7. The van der Waals surface area contributed by atoms with Gasteiger partial charge >= 0.3 is 5.97 Å². The monoisotopic (exact) mass is 480 g/mol. The fraction of sp³-hybridized carbons (Fsp3) is 0.192. The fourth-order valence-electron chi connectivity index (χ4n) is 4.13. The molecule has 1 aliphatic rings. The van der Waals surface area contributed by atoms with Crippen LogP contribution in [0, 0.1) is 11.7 Å². The molecule has 0 radical (unpaired) electrons. The number of aliphatic carboxylic acids is 1. The molecule has 6 nitrogen and oxygen atoms in total. The van der Waals surface area contributed by atoms with Crippen molar-refractivity contribution in [1.82, 2.24) is 4.90 Å². The molecule has 2 N–H and O–H groups in total. The van der Waals surface area contributed by atoms with Crippen molar-refractivity contribution in [1.29, 1.82) is 0 Å². The first kappa shape index (κ1) is 23.4. The van der Waals surface area contributed by atoms with E-state index in [1.54, 1.807) is 62.4 Å². The van der Waals surface area contributed by atoms with E-state index in [2.05, 4.69) is 5.32 Å². The van der Waals surface area contributed by atoms with Crippen LogP contribution >= 0.6 is 11.6 Å². The van der Waals surface area contributed by atoms with E-state index in [4.69, 9.17) is 11.6 Å². The van der Waals surface area contributed by atoms with Gasteiger partial charge in [0.1, 0.15) is 11.9 Å². The number of rotatable bonds is 6. The van der Waals surface area contributed by atoms with Gasteiger partial charge in [0.05, 0.1) is 0 Å². The maximum atomic E-state index is 15.0. The number of hydrogen-bond acceptors (Lipinski definition) is 3. The molecule has 0 spiro atoms. The number of nitrogens with one attached hydrogen (secondary N) is 1. The number of nitrogens with zero attached hydrogens (tertiary/aromatic N) is 1. The number of fused-ring (bicyclic) bond motifs is 1. The second kappa shape index (κ2) is 9.27. The minimum atomic E-state index is -1.06. The second-order valence-electron chi connectivity index (χ2n) is 8.49. The van der Waals surface area contributed by atoms with Crippen LogP contribution in [0.5, 0.6) is 0 Å². The molecule has 0 aliphatic carbocycles. The first-order valence-corrected chi connectivity index (χ1v) is 11.1. The van der Waals surface area contributed by atoms with E-state index in [0.717, 1.165) is 0 Å². The molecule has 0 aromatic heterocycles. The van der Waals surface area contributed by atoms with Gasteiger partial charge in [-0.05, 0) is 65.6 Å². The Morgan fingerprint density at radius 3 is 2.35 bits per heavy atom. The molecule has 3 aromatic carbocycles. The molecule has 0 saturated heterocycles. The molecule has 174 valence electrons. The zero-order valence-electron chi connectivity index (χ0n) is 18.5. The Bertz CT molecular complexity index is 1290. The van der Waals surface area contributed by atoms with Crippen LogP contribution in [0.4, 0.5) is 10.1 Å². The molecule has 1 atom stereocenters. The third-order valence-electron chi connectivity index (χ3n) is 5.81. The van der Waals surface area contributed by atoms with E-state index >= 15 is 0 Å². The molecule has 0 bridgehead atoms. The van der Waals surface area contributed by atoms with Gasteiger partial charge in [-0.2, -0.15) is 0 Å². The van der Waals surface area contributed by atoms with Gasteiger partial charge in [-0.15, -0.1) is 0 Å². The molecular weight excluding hydrogens is 459 g/mol. The van der Waals surface area contributed by atoms with Crippen LogP contribution in [0.2, 0.25) is 5.02 Å². The quantitative estimate of drug-likeness (QED) is 0.490. The van der Waals surface area contributed by atoms with Crippen molar-refractivity contribution in [3.05, 3.63) is 88.2 Å². The number of hydrogen-bond donors (Lipinski definition) is 2. The smallest absolute Gasteiger partial charge is 0.326 e. The number of carboxylic acid groups (broad SMARTS) is 1. The number of halogens is 2. The molecule has 0 fully saturated rings. The summed E-state index contributed by atoms with van der Waals surface area (Å²) in [6, 6.07) is 14.7. The molecule has 4 rings (SSSR count). The number of amides is 2. The van der Waals surface area contributed by atoms with Gasteiger partial charge in [0.15, 0.2) is 0 Å². The second-order valence-corrected chi connectivity index (χ2v) is 8.92. The summed E-state index contributed by atoms with van der Waals surface area (Å²) < 4.78 is 15.0. The van der Waals surface area contributed by atoms with Crippen molar-refractivity contribution in [2.45, 2.75) is 26.4 Å². The molecular formula is C26H22ClFN2O4. The van der Waals surface area contributed by atoms with E-state index in [-0.39, 0.29) is 29.6 Å². The highest BCUT2D eigenvalue weighted by Crippen LogP contribution is 2.33. The number of anilines is 1. The number of carbonyl (C=O) groups is 3. The lowest BCUT2D eigenvalue weighted by Crippen LogP contribution is -2.44. The zero-order chi connectivity index (χ0) is 24.6. The average molecular weight is 481 g/mol. The van der Waals surface area contributed by atoms with Gasteiger partial charge in [0.2, 0.25) is 0 Å². The standard InChI is InChI=1S/C26H22ClFN2O4/c1-14(2)23(26(33)34)30-13-17-4-3-16(11-21(17)25(30)32)20-10-9-19(12-22(20)28)29-24(31)15-5-7-18(27)8-6-15/h3-12,14,23H,13H2,1-2H3,(H,29,31)(H,33,34). The van der Waals surface area contributed by atoms with Crippen molar-refractivity contribution in [3.63, 3.8) is 0 Å². The van der Waals surface area contributed by atoms with Crippen molar-refractivity contribution in [2.24, 2.45) is 5.92 Å². The topological polar surface area (TPSA) is 86.7 Å². The predicted molar refractivity (Wildman–Crippen MR) is 127 cm³/mol. The molecule has 1 aliphatic heterocycles. The maximum absolute atomic E-state index is 15.0. The summed E-state index contributed by atoms with van der Waals surface area (Å²) >= 11 is 5.84. The van der Waals surface area contributed by atoms with Gasteiger partial charge in [-0.3, -0.25) is 9.59 Å². The van der Waals surface area contributed by atoms with Crippen molar-refractivity contribution in [3.8, 4) is 11.1 Å². The Kier molecular flexibility index (Phi) is 6.39. The summed E-state index contributed by atoms with van der Waals surface area (Å²) in [6.45, 7) is 3.70. The maximum Gasteiger partial charge on any atom is 0.326 e. The predicted octanol–water partition coefficient (Wildman–Crippen LogP) is 5.46. The van der Waals surface area contributed by atoms with Crippen molar-refractivity contribution in [2.75, 3.05) is 5.32 Å². The van der Waals surface area contributed by atoms with E-state index < -0.39 is 23.7 Å². The summed E-state index contributed by atoms with van der Waals surface area (Å²) in [7, 11) is 0. The molecule has 0 saturated carbocycles. The van der Waals surface area contributed by atoms with Gasteiger partial charge in [0, 0.05) is 33.9 Å². The van der Waals surface area contributed by atoms with Crippen molar-refractivity contribution >= 4 is 35.1 Å². The van der Waals surface area contributed by atoms with E-state index in [9.17, 15) is 23.9 Å². The highest BCUT2D eigenvalue weighted by molar-refractivity contribution is 6.30. The Morgan fingerprint density at radius 1 is 1.03 bits per heavy atom. The Labute approximate surface area is 201 Å². The highest BCUT2D eigenvalue weighted by Gasteiger charge is 2.38. The summed E-state index contributed by atoms with van der Waals surface area (Å²) in [4.78, 5) is 38.4. The minimum Gasteiger partial charge on any atom is -0.480 e. The molecule has 1 heterocycles. The molecule has 34 heavy (non-hydrogen) atoms. The van der Waals surface area contributed by atoms with Gasteiger partial charge < -0.3 is 15.3 Å². The largest absolute Gasteiger partial charge is 0.480 e. The fourth-order valence-corrected chi connectivity index (χ4v) is 4.25. The zero-order valence-corrected chi connectivity index (χ0v) is 19.3.